The minimum atomic E-state index is -0.00366. The van der Waals surface area contributed by atoms with Gasteiger partial charge in [0.2, 0.25) is 0 Å². The molecule has 1 atom stereocenters. The van der Waals surface area contributed by atoms with Crippen molar-refractivity contribution in [3.05, 3.63) is 34.9 Å². The summed E-state index contributed by atoms with van der Waals surface area (Å²) in [5.41, 5.74) is 9.59. The predicted molar refractivity (Wildman–Crippen MR) is 82.3 cm³/mol. The summed E-state index contributed by atoms with van der Waals surface area (Å²) in [7, 11) is 1.70. The molecule has 0 radical (unpaired) electrons. The highest BCUT2D eigenvalue weighted by Crippen LogP contribution is 2.22. The quantitative estimate of drug-likeness (QED) is 0.861. The summed E-state index contributed by atoms with van der Waals surface area (Å²) in [4.78, 5) is 0. The highest BCUT2D eigenvalue weighted by Gasteiger charge is 2.13. The Kier molecular flexibility index (Phi) is 6.60. The molecule has 1 aliphatic heterocycles. The third kappa shape index (κ3) is 4.37. The molecule has 3 N–H and O–H groups in total. The topological polar surface area (TPSA) is 47.3 Å². The molecular weight excluding hydrogens is 236 g/mol. The standard InChI is InChI=1S/C14H20N2O.C2H6/c1-10-5-6-11(9-13(10)17-2)8-12-4-3-7-16-14(12)15;1-2/h5-6,8-9,14,16H,3-4,7,15H2,1-2H3;1-2H3/b12-8+;. The van der Waals surface area contributed by atoms with E-state index in [0.29, 0.717) is 0 Å². The van der Waals surface area contributed by atoms with E-state index in [1.54, 1.807) is 7.11 Å². The Bertz CT molecular complexity index is 427. The number of methoxy groups -OCH3 is 1. The molecule has 1 aliphatic rings. The van der Waals surface area contributed by atoms with Crippen LogP contribution in [0.1, 0.15) is 37.8 Å². The lowest BCUT2D eigenvalue weighted by Crippen LogP contribution is -2.42. The van der Waals surface area contributed by atoms with Crippen LogP contribution in [0.15, 0.2) is 23.8 Å². The van der Waals surface area contributed by atoms with Crippen LogP contribution >= 0.6 is 0 Å². The fraction of sp³-hybridized carbons (Fsp3) is 0.500. The zero-order chi connectivity index (χ0) is 14.3. The van der Waals surface area contributed by atoms with E-state index < -0.39 is 0 Å². The molecule has 0 bridgehead atoms. The van der Waals surface area contributed by atoms with Crippen molar-refractivity contribution in [3.63, 3.8) is 0 Å². The summed E-state index contributed by atoms with van der Waals surface area (Å²) in [6.07, 6.45) is 4.39. The zero-order valence-corrected chi connectivity index (χ0v) is 12.5. The van der Waals surface area contributed by atoms with Crippen molar-refractivity contribution in [1.82, 2.24) is 5.32 Å². The molecule has 19 heavy (non-hydrogen) atoms. The van der Waals surface area contributed by atoms with Gasteiger partial charge in [0, 0.05) is 0 Å². The van der Waals surface area contributed by atoms with Gasteiger partial charge in [0.05, 0.1) is 13.3 Å². The van der Waals surface area contributed by atoms with Gasteiger partial charge in [-0.3, -0.25) is 5.32 Å². The van der Waals surface area contributed by atoms with Crippen LogP contribution < -0.4 is 15.8 Å². The average Bonchev–Trinajstić information content (AvgIpc) is 2.45. The molecule has 3 heteroatoms. The van der Waals surface area contributed by atoms with Crippen molar-refractivity contribution >= 4 is 6.08 Å². The Labute approximate surface area is 116 Å². The van der Waals surface area contributed by atoms with E-state index >= 15 is 0 Å². The van der Waals surface area contributed by atoms with Crippen LogP contribution in [0.2, 0.25) is 0 Å². The molecule has 1 aromatic rings. The van der Waals surface area contributed by atoms with Gasteiger partial charge < -0.3 is 10.5 Å². The van der Waals surface area contributed by atoms with E-state index in [4.69, 9.17) is 10.5 Å². The molecule has 0 amide bonds. The van der Waals surface area contributed by atoms with Crippen molar-refractivity contribution in [1.29, 1.82) is 0 Å². The summed E-state index contributed by atoms with van der Waals surface area (Å²) >= 11 is 0. The summed E-state index contributed by atoms with van der Waals surface area (Å²) in [5.74, 6) is 0.927. The number of rotatable bonds is 2. The second kappa shape index (κ2) is 7.97. The van der Waals surface area contributed by atoms with E-state index in [1.807, 2.05) is 20.8 Å². The number of aryl methyl sites for hydroxylation is 1. The molecule has 1 unspecified atom stereocenters. The first-order chi connectivity index (χ1) is 9.20. The lowest BCUT2D eigenvalue weighted by atomic mass is 10.00. The van der Waals surface area contributed by atoms with Crippen molar-refractivity contribution in [2.45, 2.75) is 39.8 Å². The van der Waals surface area contributed by atoms with Crippen molar-refractivity contribution in [3.8, 4) is 5.75 Å². The molecule has 106 valence electrons. The number of nitrogens with two attached hydrogens (primary N) is 1. The van der Waals surface area contributed by atoms with Gasteiger partial charge in [-0.1, -0.05) is 32.1 Å². The van der Waals surface area contributed by atoms with Gasteiger partial charge in [-0.25, -0.2) is 0 Å². The molecule has 0 aliphatic carbocycles. The van der Waals surface area contributed by atoms with Crippen LogP contribution in [0.5, 0.6) is 5.75 Å². The monoisotopic (exact) mass is 262 g/mol. The van der Waals surface area contributed by atoms with E-state index in [0.717, 1.165) is 36.3 Å². The summed E-state index contributed by atoms with van der Waals surface area (Å²) in [6, 6.07) is 6.24. The fourth-order valence-corrected chi connectivity index (χ4v) is 2.14. The molecular formula is C16H26N2O. The number of hydrogen-bond acceptors (Lipinski definition) is 3. The zero-order valence-electron chi connectivity index (χ0n) is 12.5. The lowest BCUT2D eigenvalue weighted by molar-refractivity contribution is 0.411. The van der Waals surface area contributed by atoms with Gasteiger partial charge in [0.1, 0.15) is 5.75 Å². The maximum absolute atomic E-state index is 6.02. The minimum absolute atomic E-state index is 0.00366. The molecule has 1 aromatic carbocycles. The molecule has 1 saturated heterocycles. The fourth-order valence-electron chi connectivity index (χ4n) is 2.14. The van der Waals surface area contributed by atoms with Crippen LogP contribution in [0, 0.1) is 6.92 Å². The average molecular weight is 262 g/mol. The van der Waals surface area contributed by atoms with Crippen LogP contribution in [0.3, 0.4) is 0 Å². The Morgan fingerprint density at radius 3 is 2.74 bits per heavy atom. The largest absolute Gasteiger partial charge is 0.496 e. The van der Waals surface area contributed by atoms with Gasteiger partial charge >= 0.3 is 0 Å². The van der Waals surface area contributed by atoms with Crippen molar-refractivity contribution in [2.24, 2.45) is 5.73 Å². The summed E-state index contributed by atoms with van der Waals surface area (Å²) in [6.45, 7) is 7.05. The van der Waals surface area contributed by atoms with E-state index in [9.17, 15) is 0 Å². The highest BCUT2D eigenvalue weighted by molar-refractivity contribution is 5.57. The van der Waals surface area contributed by atoms with Crippen LogP contribution in [-0.2, 0) is 0 Å². The first kappa shape index (κ1) is 15.7. The molecule has 3 nitrogen and oxygen atoms in total. The number of piperidine rings is 1. The number of nitrogens with one attached hydrogen (secondary N) is 1. The van der Waals surface area contributed by atoms with Gasteiger partial charge in [-0.15, -0.1) is 0 Å². The summed E-state index contributed by atoms with van der Waals surface area (Å²) < 4.78 is 5.33. The second-order valence-corrected chi connectivity index (χ2v) is 4.48. The van der Waals surface area contributed by atoms with Crippen molar-refractivity contribution in [2.75, 3.05) is 13.7 Å². The van der Waals surface area contributed by atoms with Gasteiger partial charge in [0.15, 0.2) is 0 Å². The Hall–Kier alpha value is -1.32. The van der Waals surface area contributed by atoms with Gasteiger partial charge in [-0.2, -0.15) is 0 Å². The van der Waals surface area contributed by atoms with E-state index in [1.165, 1.54) is 5.57 Å². The molecule has 2 rings (SSSR count). The van der Waals surface area contributed by atoms with Crippen LogP contribution in [0.25, 0.3) is 6.08 Å². The molecule has 1 heterocycles. The third-order valence-electron chi connectivity index (χ3n) is 3.19. The molecule has 1 fully saturated rings. The Morgan fingerprint density at radius 2 is 2.11 bits per heavy atom. The SMILES string of the molecule is CC.COc1cc(/C=C2\CCCNC2N)ccc1C. The normalized spacial score (nSPS) is 20.7. The number of ether oxygens (including phenoxy) is 1. The van der Waals surface area contributed by atoms with Crippen LogP contribution in [-0.4, -0.2) is 19.8 Å². The van der Waals surface area contributed by atoms with Gasteiger partial charge in [-0.05, 0) is 49.1 Å². The van der Waals surface area contributed by atoms with E-state index in [-0.39, 0.29) is 6.17 Å². The summed E-state index contributed by atoms with van der Waals surface area (Å²) in [5, 5.41) is 3.27. The third-order valence-corrected chi connectivity index (χ3v) is 3.19. The van der Waals surface area contributed by atoms with Gasteiger partial charge in [0.25, 0.3) is 0 Å². The minimum Gasteiger partial charge on any atom is -0.496 e. The number of benzene rings is 1. The number of hydrogen-bond donors (Lipinski definition) is 2. The highest BCUT2D eigenvalue weighted by atomic mass is 16.5. The van der Waals surface area contributed by atoms with Crippen molar-refractivity contribution < 1.29 is 4.74 Å². The molecule has 0 aromatic heterocycles. The van der Waals surface area contributed by atoms with Crippen LogP contribution in [0.4, 0.5) is 0 Å². The van der Waals surface area contributed by atoms with E-state index in [2.05, 4.69) is 29.6 Å². The second-order valence-electron chi connectivity index (χ2n) is 4.48. The smallest absolute Gasteiger partial charge is 0.122 e. The predicted octanol–water partition coefficient (Wildman–Crippen LogP) is 3.08. The molecule has 0 spiro atoms. The lowest BCUT2D eigenvalue weighted by Gasteiger charge is -2.23. The Balaban J connectivity index is 0.000000861. The first-order valence-corrected chi connectivity index (χ1v) is 7.05. The maximum atomic E-state index is 6.02. The Morgan fingerprint density at radius 1 is 1.37 bits per heavy atom. The molecule has 0 saturated carbocycles. The maximum Gasteiger partial charge on any atom is 0.122 e. The first-order valence-electron chi connectivity index (χ1n) is 7.05.